The minimum absolute atomic E-state index is 0.603. The highest BCUT2D eigenvalue weighted by Crippen LogP contribution is 2.36. The van der Waals surface area contributed by atoms with Gasteiger partial charge in [0, 0.05) is 25.3 Å². The molecule has 1 unspecified atom stereocenters. The topological polar surface area (TPSA) is 28.2 Å². The molecule has 1 aliphatic carbocycles. The van der Waals surface area contributed by atoms with Crippen LogP contribution in [0.25, 0.3) is 0 Å². The third kappa shape index (κ3) is 3.95. The van der Waals surface area contributed by atoms with Crippen LogP contribution in [0.3, 0.4) is 0 Å². The van der Waals surface area contributed by atoms with E-state index in [2.05, 4.69) is 50.2 Å². The van der Waals surface area contributed by atoms with Crippen LogP contribution in [0, 0.1) is 5.92 Å². The van der Waals surface area contributed by atoms with E-state index in [1.807, 2.05) is 0 Å². The minimum atomic E-state index is 0.603. The molecular formula is C17H29N3. The Kier molecular flexibility index (Phi) is 5.41. The lowest BCUT2D eigenvalue weighted by atomic mass is 10.1. The highest BCUT2D eigenvalue weighted by Gasteiger charge is 2.31. The van der Waals surface area contributed by atoms with Crippen molar-refractivity contribution in [3.63, 3.8) is 0 Å². The van der Waals surface area contributed by atoms with Crippen molar-refractivity contribution in [2.24, 2.45) is 5.92 Å². The van der Waals surface area contributed by atoms with Crippen molar-refractivity contribution in [1.82, 2.24) is 10.3 Å². The van der Waals surface area contributed by atoms with E-state index in [0.717, 1.165) is 37.7 Å². The zero-order valence-electron chi connectivity index (χ0n) is 13.4. The summed E-state index contributed by atoms with van der Waals surface area (Å²) in [5, 5.41) is 3.42. The molecule has 1 atom stereocenters. The molecule has 1 fully saturated rings. The standard InChI is InChI=1S/C17H29N3/c1-5-7-16-10-14(12-18-6-2)11-17(19-16)20(4)13(3)15-8-9-15/h10-11,13,15,18H,5-9,12H2,1-4H3. The number of nitrogens with zero attached hydrogens (tertiary/aromatic N) is 2. The summed E-state index contributed by atoms with van der Waals surface area (Å²) in [6.45, 7) is 8.64. The third-order valence-electron chi connectivity index (χ3n) is 4.29. The molecule has 1 aliphatic rings. The number of hydrogen-bond acceptors (Lipinski definition) is 3. The first-order chi connectivity index (χ1) is 9.65. The van der Waals surface area contributed by atoms with Gasteiger partial charge in [0.05, 0.1) is 0 Å². The Bertz CT molecular complexity index is 426. The summed E-state index contributed by atoms with van der Waals surface area (Å²) in [4.78, 5) is 7.23. The first-order valence-electron chi connectivity index (χ1n) is 8.09. The van der Waals surface area contributed by atoms with Crippen molar-refractivity contribution >= 4 is 5.82 Å². The van der Waals surface area contributed by atoms with Crippen LogP contribution in [-0.2, 0) is 13.0 Å². The highest BCUT2D eigenvalue weighted by atomic mass is 15.2. The fourth-order valence-corrected chi connectivity index (χ4v) is 2.67. The van der Waals surface area contributed by atoms with Crippen LogP contribution in [0.2, 0.25) is 0 Å². The molecule has 0 bridgehead atoms. The van der Waals surface area contributed by atoms with E-state index in [-0.39, 0.29) is 0 Å². The molecule has 3 heteroatoms. The SMILES string of the molecule is CCCc1cc(CNCC)cc(N(C)C(C)C2CC2)n1. The van der Waals surface area contributed by atoms with E-state index >= 15 is 0 Å². The normalized spacial score (nSPS) is 16.2. The molecule has 2 rings (SSSR count). The van der Waals surface area contributed by atoms with Gasteiger partial charge in [0.15, 0.2) is 0 Å². The summed E-state index contributed by atoms with van der Waals surface area (Å²) in [5.74, 6) is 2.01. The van der Waals surface area contributed by atoms with Crippen LogP contribution in [0.1, 0.15) is 51.3 Å². The molecule has 0 amide bonds. The molecule has 112 valence electrons. The molecule has 1 N–H and O–H groups in total. The fraction of sp³-hybridized carbons (Fsp3) is 0.706. The molecule has 0 aliphatic heterocycles. The first kappa shape index (κ1) is 15.3. The van der Waals surface area contributed by atoms with E-state index in [1.165, 1.54) is 24.1 Å². The fourth-order valence-electron chi connectivity index (χ4n) is 2.67. The zero-order valence-corrected chi connectivity index (χ0v) is 13.4. The van der Waals surface area contributed by atoms with Gasteiger partial charge in [-0.05, 0) is 56.3 Å². The van der Waals surface area contributed by atoms with Crippen LogP contribution in [0.5, 0.6) is 0 Å². The van der Waals surface area contributed by atoms with Crippen LogP contribution in [0.4, 0.5) is 5.82 Å². The molecule has 1 aromatic rings. The molecule has 1 aromatic heterocycles. The Morgan fingerprint density at radius 1 is 1.35 bits per heavy atom. The van der Waals surface area contributed by atoms with E-state index in [1.54, 1.807) is 0 Å². The molecule has 20 heavy (non-hydrogen) atoms. The summed E-state index contributed by atoms with van der Waals surface area (Å²) in [5.41, 5.74) is 2.59. The van der Waals surface area contributed by atoms with Gasteiger partial charge < -0.3 is 10.2 Å². The average molecular weight is 275 g/mol. The number of hydrogen-bond donors (Lipinski definition) is 1. The third-order valence-corrected chi connectivity index (χ3v) is 4.29. The van der Waals surface area contributed by atoms with E-state index in [9.17, 15) is 0 Å². The van der Waals surface area contributed by atoms with E-state index in [4.69, 9.17) is 4.98 Å². The second-order valence-electron chi connectivity index (χ2n) is 6.04. The maximum Gasteiger partial charge on any atom is 0.129 e. The predicted molar refractivity (Wildman–Crippen MR) is 86.2 cm³/mol. The Morgan fingerprint density at radius 2 is 2.10 bits per heavy atom. The quantitative estimate of drug-likeness (QED) is 0.788. The molecule has 1 heterocycles. The van der Waals surface area contributed by atoms with Gasteiger partial charge in [0.25, 0.3) is 0 Å². The minimum Gasteiger partial charge on any atom is -0.357 e. The largest absolute Gasteiger partial charge is 0.357 e. The van der Waals surface area contributed by atoms with Gasteiger partial charge >= 0.3 is 0 Å². The van der Waals surface area contributed by atoms with Crippen LogP contribution >= 0.6 is 0 Å². The summed E-state index contributed by atoms with van der Waals surface area (Å²) in [6.07, 6.45) is 4.98. The van der Waals surface area contributed by atoms with Crippen molar-refractivity contribution in [3.8, 4) is 0 Å². The summed E-state index contributed by atoms with van der Waals surface area (Å²) < 4.78 is 0. The Hall–Kier alpha value is -1.09. The maximum absolute atomic E-state index is 4.86. The van der Waals surface area contributed by atoms with E-state index < -0.39 is 0 Å². The second kappa shape index (κ2) is 7.07. The van der Waals surface area contributed by atoms with Gasteiger partial charge in [-0.2, -0.15) is 0 Å². The number of nitrogens with one attached hydrogen (secondary N) is 1. The predicted octanol–water partition coefficient (Wildman–Crippen LogP) is 3.38. The van der Waals surface area contributed by atoms with Crippen molar-refractivity contribution in [2.75, 3.05) is 18.5 Å². The molecule has 0 radical (unpaired) electrons. The number of anilines is 1. The molecule has 1 saturated carbocycles. The Morgan fingerprint density at radius 3 is 2.70 bits per heavy atom. The van der Waals surface area contributed by atoms with Crippen molar-refractivity contribution < 1.29 is 0 Å². The molecule has 0 saturated heterocycles. The zero-order chi connectivity index (χ0) is 14.5. The van der Waals surface area contributed by atoms with Gasteiger partial charge in [0.2, 0.25) is 0 Å². The molecular weight excluding hydrogens is 246 g/mol. The summed E-state index contributed by atoms with van der Waals surface area (Å²) in [6, 6.07) is 5.11. The molecule has 3 nitrogen and oxygen atoms in total. The molecule has 0 aromatic carbocycles. The van der Waals surface area contributed by atoms with Gasteiger partial charge in [0.1, 0.15) is 5.82 Å². The van der Waals surface area contributed by atoms with Gasteiger partial charge in [-0.25, -0.2) is 4.98 Å². The Labute approximate surface area is 123 Å². The number of rotatable bonds is 8. The van der Waals surface area contributed by atoms with Gasteiger partial charge in [-0.3, -0.25) is 0 Å². The monoisotopic (exact) mass is 275 g/mol. The number of pyridine rings is 1. The number of aromatic nitrogens is 1. The van der Waals surface area contributed by atoms with Crippen LogP contribution in [-0.4, -0.2) is 24.6 Å². The van der Waals surface area contributed by atoms with Crippen molar-refractivity contribution in [1.29, 1.82) is 0 Å². The van der Waals surface area contributed by atoms with E-state index in [0.29, 0.717) is 6.04 Å². The summed E-state index contributed by atoms with van der Waals surface area (Å²) >= 11 is 0. The van der Waals surface area contributed by atoms with Gasteiger partial charge in [-0.1, -0.05) is 20.3 Å². The maximum atomic E-state index is 4.86. The lowest BCUT2D eigenvalue weighted by Gasteiger charge is -2.27. The van der Waals surface area contributed by atoms with Gasteiger partial charge in [-0.15, -0.1) is 0 Å². The lowest BCUT2D eigenvalue weighted by Crippen LogP contribution is -2.31. The lowest BCUT2D eigenvalue weighted by molar-refractivity contribution is 0.602. The van der Waals surface area contributed by atoms with Crippen molar-refractivity contribution in [2.45, 2.75) is 59.0 Å². The first-order valence-corrected chi connectivity index (χ1v) is 8.09. The van der Waals surface area contributed by atoms with Crippen LogP contribution < -0.4 is 10.2 Å². The number of aryl methyl sites for hydroxylation is 1. The molecule has 0 spiro atoms. The van der Waals surface area contributed by atoms with Crippen LogP contribution in [0.15, 0.2) is 12.1 Å². The highest BCUT2D eigenvalue weighted by molar-refractivity contribution is 5.43. The summed E-state index contributed by atoms with van der Waals surface area (Å²) in [7, 11) is 2.19. The van der Waals surface area contributed by atoms with Crippen molar-refractivity contribution in [3.05, 3.63) is 23.4 Å². The smallest absolute Gasteiger partial charge is 0.129 e. The Balaban J connectivity index is 2.18. The average Bonchev–Trinajstić information content (AvgIpc) is 3.28. The second-order valence-corrected chi connectivity index (χ2v) is 6.04.